The number of halogens is 1. The van der Waals surface area contributed by atoms with E-state index in [1.165, 1.54) is 25.9 Å². The largest absolute Gasteiger partial charge is 0.352 e. The van der Waals surface area contributed by atoms with E-state index < -0.39 is 0 Å². The number of ether oxygens (including phenoxy) is 2. The molecule has 3 nitrogen and oxygen atoms in total. The second-order valence-corrected chi connectivity index (χ2v) is 3.83. The van der Waals surface area contributed by atoms with Crippen molar-refractivity contribution in [2.24, 2.45) is 0 Å². The fourth-order valence-corrected chi connectivity index (χ4v) is 1.78. The van der Waals surface area contributed by atoms with Crippen molar-refractivity contribution in [2.75, 3.05) is 38.7 Å². The van der Waals surface area contributed by atoms with Crippen molar-refractivity contribution in [1.29, 1.82) is 0 Å². The maximum Gasteiger partial charge on any atom is 0.170 e. The molecule has 1 saturated heterocycles. The van der Waals surface area contributed by atoms with Crippen molar-refractivity contribution in [3.05, 3.63) is 0 Å². The first-order chi connectivity index (χ1) is 6.86. The molecule has 1 atom stereocenters. The van der Waals surface area contributed by atoms with Crippen LogP contribution in [0.15, 0.2) is 0 Å². The van der Waals surface area contributed by atoms with E-state index in [-0.39, 0.29) is 6.29 Å². The molecule has 0 bridgehead atoms. The summed E-state index contributed by atoms with van der Waals surface area (Å²) in [5.41, 5.74) is 0. The zero-order chi connectivity index (χ0) is 10.2. The molecule has 0 amide bonds. The van der Waals surface area contributed by atoms with Crippen LogP contribution in [-0.4, -0.2) is 49.9 Å². The Morgan fingerprint density at radius 3 is 2.57 bits per heavy atom. The van der Waals surface area contributed by atoms with Crippen LogP contribution in [0.25, 0.3) is 0 Å². The number of likely N-dealkylation sites (tertiary alicyclic amines) is 1. The van der Waals surface area contributed by atoms with Crippen molar-refractivity contribution in [3.63, 3.8) is 0 Å². The Hall–Kier alpha value is 0.170. The highest BCUT2D eigenvalue weighted by Crippen LogP contribution is 2.09. The lowest BCUT2D eigenvalue weighted by Crippen LogP contribution is -2.34. The van der Waals surface area contributed by atoms with Gasteiger partial charge in [0.1, 0.15) is 0 Å². The van der Waals surface area contributed by atoms with Crippen LogP contribution in [0.3, 0.4) is 0 Å². The SMILES string of the molecule is CCOC(CN1CCCC1)OCCCl. The van der Waals surface area contributed by atoms with Gasteiger partial charge in [-0.15, -0.1) is 11.6 Å². The molecule has 0 N–H and O–H groups in total. The molecule has 84 valence electrons. The molecule has 0 aromatic heterocycles. The van der Waals surface area contributed by atoms with Crippen LogP contribution in [-0.2, 0) is 9.47 Å². The Kier molecular flexibility index (Phi) is 6.52. The molecule has 1 heterocycles. The van der Waals surface area contributed by atoms with E-state index in [1.807, 2.05) is 6.92 Å². The van der Waals surface area contributed by atoms with Gasteiger partial charge in [0, 0.05) is 19.0 Å². The van der Waals surface area contributed by atoms with Crippen molar-refractivity contribution >= 4 is 11.6 Å². The number of alkyl halides is 1. The first-order valence-electron chi connectivity index (χ1n) is 5.38. The quantitative estimate of drug-likeness (QED) is 0.483. The molecule has 1 unspecified atom stereocenters. The lowest BCUT2D eigenvalue weighted by atomic mass is 10.4. The maximum absolute atomic E-state index is 5.57. The Bertz CT molecular complexity index is 140. The van der Waals surface area contributed by atoms with Gasteiger partial charge in [0.25, 0.3) is 0 Å². The monoisotopic (exact) mass is 221 g/mol. The van der Waals surface area contributed by atoms with Crippen LogP contribution in [0.1, 0.15) is 19.8 Å². The minimum Gasteiger partial charge on any atom is -0.352 e. The molecule has 0 spiro atoms. The topological polar surface area (TPSA) is 21.7 Å². The highest BCUT2D eigenvalue weighted by molar-refractivity contribution is 6.17. The van der Waals surface area contributed by atoms with Crippen molar-refractivity contribution in [2.45, 2.75) is 26.1 Å². The van der Waals surface area contributed by atoms with Crippen LogP contribution >= 0.6 is 11.6 Å². The predicted octanol–water partition coefficient (Wildman–Crippen LogP) is 1.70. The lowest BCUT2D eigenvalue weighted by Gasteiger charge is -2.23. The van der Waals surface area contributed by atoms with Crippen LogP contribution < -0.4 is 0 Å². The van der Waals surface area contributed by atoms with E-state index in [1.54, 1.807) is 0 Å². The van der Waals surface area contributed by atoms with E-state index in [2.05, 4.69) is 4.90 Å². The molecule has 14 heavy (non-hydrogen) atoms. The van der Waals surface area contributed by atoms with Gasteiger partial charge in [-0.25, -0.2) is 0 Å². The summed E-state index contributed by atoms with van der Waals surface area (Å²) in [6.45, 7) is 6.48. The van der Waals surface area contributed by atoms with Gasteiger partial charge in [-0.3, -0.25) is 4.90 Å². The van der Waals surface area contributed by atoms with Crippen molar-refractivity contribution < 1.29 is 9.47 Å². The zero-order valence-corrected chi connectivity index (χ0v) is 9.63. The third-order valence-corrected chi connectivity index (χ3v) is 2.49. The molecular formula is C10H20ClNO2. The molecule has 0 saturated carbocycles. The third-order valence-electron chi connectivity index (χ3n) is 2.34. The number of hydrogen-bond donors (Lipinski definition) is 0. The maximum atomic E-state index is 5.57. The molecule has 1 rings (SSSR count). The number of nitrogens with zero attached hydrogens (tertiary/aromatic N) is 1. The van der Waals surface area contributed by atoms with Gasteiger partial charge in [-0.1, -0.05) is 0 Å². The highest BCUT2D eigenvalue weighted by Gasteiger charge is 2.17. The number of rotatable bonds is 7. The summed E-state index contributed by atoms with van der Waals surface area (Å²) in [6.07, 6.45) is 2.50. The first kappa shape index (κ1) is 12.2. The highest BCUT2D eigenvalue weighted by atomic mass is 35.5. The van der Waals surface area contributed by atoms with Gasteiger partial charge in [0.15, 0.2) is 6.29 Å². The minimum atomic E-state index is -0.100. The Morgan fingerprint density at radius 2 is 2.00 bits per heavy atom. The summed E-state index contributed by atoms with van der Waals surface area (Å²) in [4.78, 5) is 2.38. The molecular weight excluding hydrogens is 202 g/mol. The molecule has 0 radical (unpaired) electrons. The van der Waals surface area contributed by atoms with E-state index in [9.17, 15) is 0 Å². The fraction of sp³-hybridized carbons (Fsp3) is 1.00. The molecule has 1 fully saturated rings. The smallest absolute Gasteiger partial charge is 0.170 e. The third kappa shape index (κ3) is 4.60. The first-order valence-corrected chi connectivity index (χ1v) is 5.91. The lowest BCUT2D eigenvalue weighted by molar-refractivity contribution is -0.144. The van der Waals surface area contributed by atoms with Gasteiger partial charge < -0.3 is 9.47 Å². The molecule has 0 aromatic rings. The Labute approximate surface area is 91.3 Å². The van der Waals surface area contributed by atoms with E-state index in [0.29, 0.717) is 19.1 Å². The zero-order valence-electron chi connectivity index (χ0n) is 8.88. The molecule has 4 heteroatoms. The Morgan fingerprint density at radius 1 is 1.29 bits per heavy atom. The summed E-state index contributed by atoms with van der Waals surface area (Å²) >= 11 is 5.57. The van der Waals surface area contributed by atoms with Gasteiger partial charge in [-0.05, 0) is 32.9 Å². The van der Waals surface area contributed by atoms with E-state index >= 15 is 0 Å². The predicted molar refractivity (Wildman–Crippen MR) is 57.8 cm³/mol. The molecule has 1 aliphatic heterocycles. The number of hydrogen-bond acceptors (Lipinski definition) is 3. The van der Waals surface area contributed by atoms with Crippen molar-refractivity contribution in [1.82, 2.24) is 4.90 Å². The van der Waals surface area contributed by atoms with Crippen LogP contribution in [0, 0.1) is 0 Å². The summed E-state index contributed by atoms with van der Waals surface area (Å²) in [5.74, 6) is 0.531. The summed E-state index contributed by atoms with van der Waals surface area (Å²) in [5, 5.41) is 0. The standard InChI is InChI=1S/C10H20ClNO2/c1-2-13-10(14-8-5-11)9-12-6-3-4-7-12/h10H,2-9H2,1H3. The second kappa shape index (κ2) is 7.46. The summed E-state index contributed by atoms with van der Waals surface area (Å²) < 4.78 is 11.0. The Balaban J connectivity index is 2.18. The molecule has 0 aliphatic carbocycles. The second-order valence-electron chi connectivity index (χ2n) is 3.45. The van der Waals surface area contributed by atoms with E-state index in [4.69, 9.17) is 21.1 Å². The van der Waals surface area contributed by atoms with Crippen LogP contribution in [0.5, 0.6) is 0 Å². The van der Waals surface area contributed by atoms with Crippen LogP contribution in [0.2, 0.25) is 0 Å². The van der Waals surface area contributed by atoms with Gasteiger partial charge >= 0.3 is 0 Å². The normalized spacial score (nSPS) is 20.1. The average molecular weight is 222 g/mol. The van der Waals surface area contributed by atoms with Crippen LogP contribution in [0.4, 0.5) is 0 Å². The van der Waals surface area contributed by atoms with Crippen molar-refractivity contribution in [3.8, 4) is 0 Å². The summed E-state index contributed by atoms with van der Waals surface area (Å²) in [7, 11) is 0. The van der Waals surface area contributed by atoms with Gasteiger partial charge in [0.2, 0.25) is 0 Å². The van der Waals surface area contributed by atoms with Gasteiger partial charge in [0.05, 0.1) is 6.61 Å². The van der Waals surface area contributed by atoms with E-state index in [0.717, 1.165) is 6.54 Å². The minimum absolute atomic E-state index is 0.100. The fourth-order valence-electron chi connectivity index (χ4n) is 1.69. The molecule has 0 aromatic carbocycles. The molecule has 1 aliphatic rings. The average Bonchev–Trinajstić information content (AvgIpc) is 2.67. The summed E-state index contributed by atoms with van der Waals surface area (Å²) in [6, 6.07) is 0. The van der Waals surface area contributed by atoms with Gasteiger partial charge in [-0.2, -0.15) is 0 Å².